The van der Waals surface area contributed by atoms with Gasteiger partial charge in [-0.3, -0.25) is 23.8 Å². The van der Waals surface area contributed by atoms with Crippen LogP contribution in [0, 0.1) is 0 Å². The van der Waals surface area contributed by atoms with Gasteiger partial charge >= 0.3 is 0 Å². The highest BCUT2D eigenvalue weighted by atomic mass is 32.2. The molecule has 14 nitrogen and oxygen atoms in total. The summed E-state index contributed by atoms with van der Waals surface area (Å²) in [5.41, 5.74) is 7.40. The van der Waals surface area contributed by atoms with Crippen molar-refractivity contribution in [2.24, 2.45) is 0 Å². The van der Waals surface area contributed by atoms with Crippen LogP contribution in [0.5, 0.6) is 11.5 Å². The number of nitrogens with zero attached hydrogens (tertiary/aromatic N) is 3. The number of benzene rings is 3. The number of carbonyl (C=O) groups is 3. The van der Waals surface area contributed by atoms with Crippen LogP contribution < -0.4 is 34.8 Å². The molecule has 0 aliphatic carbocycles. The van der Waals surface area contributed by atoms with E-state index < -0.39 is 42.8 Å². The molecule has 9 rings (SSSR count). The number of hydrogen-bond acceptors (Lipinski definition) is 9. The van der Waals surface area contributed by atoms with Gasteiger partial charge in [-0.2, -0.15) is 8.42 Å². The maximum absolute atomic E-state index is 13.6. The van der Waals surface area contributed by atoms with E-state index in [0.29, 0.717) is 36.3 Å². The average Bonchev–Trinajstić information content (AvgIpc) is 3.52. The molecule has 0 aromatic heterocycles. The highest BCUT2D eigenvalue weighted by Gasteiger charge is 2.37. The molecular weight excluding hydrogens is 783 g/mol. The predicted octanol–water partition coefficient (Wildman–Crippen LogP) is 1.86. The second-order valence-corrected chi connectivity index (χ2v) is 19.0. The van der Waals surface area contributed by atoms with Gasteiger partial charge in [-0.1, -0.05) is 12.5 Å². The van der Waals surface area contributed by atoms with Gasteiger partial charge in [0.05, 0.1) is 10.5 Å². The maximum atomic E-state index is 13.6. The molecule has 0 radical (unpaired) electrons. The third-order valence-electron chi connectivity index (χ3n) is 12.2. The van der Waals surface area contributed by atoms with E-state index in [1.807, 2.05) is 0 Å². The number of anilines is 1. The molecule has 0 saturated heterocycles. The third kappa shape index (κ3) is 6.92. The van der Waals surface area contributed by atoms with E-state index in [9.17, 15) is 35.8 Å². The second kappa shape index (κ2) is 15.0. The predicted molar refractivity (Wildman–Crippen MR) is 214 cm³/mol. The van der Waals surface area contributed by atoms with E-state index in [1.54, 1.807) is 0 Å². The van der Waals surface area contributed by atoms with Crippen molar-refractivity contribution in [3.05, 3.63) is 86.4 Å². The highest BCUT2D eigenvalue weighted by molar-refractivity contribution is 7.89. The lowest BCUT2D eigenvalue weighted by atomic mass is 9.82. The Balaban J connectivity index is 1.03. The molecule has 304 valence electrons. The van der Waals surface area contributed by atoms with Crippen molar-refractivity contribution in [1.82, 2.24) is 19.5 Å². The maximum Gasteiger partial charge on any atom is 0.295 e. The van der Waals surface area contributed by atoms with Crippen LogP contribution in [-0.2, 0) is 60.2 Å². The van der Waals surface area contributed by atoms with Crippen molar-refractivity contribution in [2.75, 3.05) is 50.7 Å². The smallest absolute Gasteiger partial charge is 0.295 e. The molecule has 0 unspecified atom stereocenters. The van der Waals surface area contributed by atoms with Gasteiger partial charge in [0, 0.05) is 89.9 Å². The molecule has 0 bridgehead atoms. The normalized spacial score (nSPS) is 18.1. The molecular formula is C42H46N5O9S2+. The second-order valence-electron chi connectivity index (χ2n) is 15.9. The Morgan fingerprint density at radius 1 is 0.793 bits per heavy atom. The number of rotatable bonds is 12. The van der Waals surface area contributed by atoms with E-state index in [2.05, 4.69) is 31.6 Å². The number of imide groups is 1. The molecule has 0 spiro atoms. The number of amides is 3. The summed E-state index contributed by atoms with van der Waals surface area (Å²) < 4.78 is 76.8. The number of nitrogens with one attached hydrogen (secondary N) is 2. The molecule has 0 atom stereocenters. The standard InChI is InChI=1S/C42H45N5O9S2/c48-35(25-47-36(49)14-15-37(47)50)43-16-2-1-3-17-44-57(51,52)28-12-13-29(34(24-28)58(53,54)55)38-32-22-26-8-4-18-45-20-6-10-30(39(26)45)41(32)56-42-31-11-7-21-46-19-5-9-27(40(31)46)23-33(38)42/h12-15,22-24,44H,1-11,16-21,25H2,(H-,43,48,53,54,55)/p+1. The molecule has 6 aliphatic rings. The number of hydrogen-bond donors (Lipinski definition) is 3. The molecule has 16 heteroatoms. The molecule has 3 amide bonds. The summed E-state index contributed by atoms with van der Waals surface area (Å²) in [4.78, 5) is 38.0. The highest BCUT2D eigenvalue weighted by Crippen LogP contribution is 2.49. The summed E-state index contributed by atoms with van der Waals surface area (Å²) in [7, 11) is -9.14. The lowest BCUT2D eigenvalue weighted by Gasteiger charge is -2.39. The fourth-order valence-electron chi connectivity index (χ4n) is 9.62. The van der Waals surface area contributed by atoms with Gasteiger partial charge in [-0.25, -0.2) is 17.7 Å². The lowest BCUT2D eigenvalue weighted by Crippen LogP contribution is -2.45. The molecule has 3 aromatic carbocycles. The SMILES string of the molecule is O=C(CN1C(=O)C=CC1=O)NCCCCCNS(=O)(=O)c1ccc(C2=c3cc4c5c(c3Oc3c2cc2c6c3CCCN6CCC2)CCC[N+]=5CCC4)c(S(=O)(=O)O)c1. The minimum atomic E-state index is -4.94. The first-order chi connectivity index (χ1) is 27.9. The van der Waals surface area contributed by atoms with Crippen LogP contribution in [0.25, 0.3) is 5.57 Å². The molecule has 6 aliphatic heterocycles. The zero-order chi connectivity index (χ0) is 40.3. The van der Waals surface area contributed by atoms with Crippen LogP contribution in [0.1, 0.15) is 78.3 Å². The Bertz CT molecular complexity index is 2670. The molecule has 3 aromatic rings. The van der Waals surface area contributed by atoms with E-state index >= 15 is 0 Å². The monoisotopic (exact) mass is 828 g/mol. The van der Waals surface area contributed by atoms with Crippen LogP contribution in [0.2, 0.25) is 0 Å². The van der Waals surface area contributed by atoms with Gasteiger partial charge in [-0.15, -0.1) is 0 Å². The molecule has 58 heavy (non-hydrogen) atoms. The lowest BCUT2D eigenvalue weighted by molar-refractivity contribution is -0.141. The van der Waals surface area contributed by atoms with E-state index in [-0.39, 0.29) is 30.1 Å². The third-order valence-corrected chi connectivity index (χ3v) is 14.5. The largest absolute Gasteiger partial charge is 0.455 e. The van der Waals surface area contributed by atoms with Crippen LogP contribution in [0.3, 0.4) is 0 Å². The summed E-state index contributed by atoms with van der Waals surface area (Å²) in [5.74, 6) is -0.129. The topological polar surface area (TPSA) is 182 Å². The fourth-order valence-corrected chi connectivity index (χ4v) is 11.5. The van der Waals surface area contributed by atoms with Gasteiger partial charge in [-0.05, 0) is 81.2 Å². The number of fused-ring (bicyclic) bond motifs is 4. The molecule has 0 fully saturated rings. The number of unbranched alkanes of at least 4 members (excludes halogenated alkanes) is 2. The zero-order valence-electron chi connectivity index (χ0n) is 32.1. The van der Waals surface area contributed by atoms with Gasteiger partial charge in [0.1, 0.15) is 36.0 Å². The van der Waals surface area contributed by atoms with Crippen LogP contribution >= 0.6 is 0 Å². The Labute approximate surface area is 337 Å². The van der Waals surface area contributed by atoms with Crippen molar-refractivity contribution in [3.8, 4) is 11.5 Å². The summed E-state index contributed by atoms with van der Waals surface area (Å²) in [6, 6.07) is 8.19. The Kier molecular flexibility index (Phi) is 10.0. The summed E-state index contributed by atoms with van der Waals surface area (Å²) in [6.07, 6.45) is 11.0. The Morgan fingerprint density at radius 3 is 2.28 bits per heavy atom. The molecule has 0 saturated carbocycles. The quantitative estimate of drug-likeness (QED) is 0.0826. The summed E-state index contributed by atoms with van der Waals surface area (Å²) in [5, 5.41) is 4.62. The average molecular weight is 829 g/mol. The van der Waals surface area contributed by atoms with Crippen molar-refractivity contribution >= 4 is 49.1 Å². The molecule has 3 N–H and O–H groups in total. The van der Waals surface area contributed by atoms with Crippen molar-refractivity contribution in [3.63, 3.8) is 0 Å². The Hall–Kier alpha value is -4.90. The Morgan fingerprint density at radius 2 is 1.50 bits per heavy atom. The minimum Gasteiger partial charge on any atom is -0.455 e. The van der Waals surface area contributed by atoms with Crippen molar-refractivity contribution in [1.29, 1.82) is 0 Å². The van der Waals surface area contributed by atoms with Crippen LogP contribution in [-0.4, -0.2) is 89.8 Å². The van der Waals surface area contributed by atoms with Crippen LogP contribution in [0.4, 0.5) is 5.69 Å². The number of carbonyl (C=O) groups excluding carboxylic acids is 3. The van der Waals surface area contributed by atoms with Gasteiger partial charge < -0.3 is 15.0 Å². The number of ether oxygens (including phenoxy) is 1. The van der Waals surface area contributed by atoms with E-state index in [1.165, 1.54) is 34.3 Å². The number of aryl methyl sites for hydroxylation is 2. The summed E-state index contributed by atoms with van der Waals surface area (Å²) >= 11 is 0. The zero-order valence-corrected chi connectivity index (χ0v) is 33.8. The fraction of sp³-hybridized carbons (Fsp3) is 0.429. The first-order valence-electron chi connectivity index (χ1n) is 20.2. The van der Waals surface area contributed by atoms with Gasteiger partial charge in [0.2, 0.25) is 21.3 Å². The van der Waals surface area contributed by atoms with Crippen molar-refractivity contribution < 1.29 is 40.5 Å². The van der Waals surface area contributed by atoms with E-state index in [4.69, 9.17) is 4.74 Å². The first-order valence-corrected chi connectivity index (χ1v) is 23.2. The van der Waals surface area contributed by atoms with Crippen LogP contribution in [0.15, 0.2) is 52.3 Å². The number of sulfonamides is 1. The molecule has 6 heterocycles. The summed E-state index contributed by atoms with van der Waals surface area (Å²) in [6.45, 7) is 3.84. The van der Waals surface area contributed by atoms with E-state index in [0.717, 1.165) is 123 Å². The van der Waals surface area contributed by atoms with Gasteiger partial charge in [0.25, 0.3) is 21.9 Å². The van der Waals surface area contributed by atoms with Gasteiger partial charge in [0.15, 0.2) is 0 Å². The first kappa shape index (κ1) is 38.6. The van der Waals surface area contributed by atoms with Crippen molar-refractivity contribution in [2.45, 2.75) is 80.4 Å². The minimum absolute atomic E-state index is 0.0486.